The molecule has 2 saturated carbocycles. The van der Waals surface area contributed by atoms with Crippen LogP contribution in [0.1, 0.15) is 38.5 Å². The monoisotopic (exact) mass is 290 g/mol. The fourth-order valence-corrected chi connectivity index (χ4v) is 3.40. The van der Waals surface area contributed by atoms with Gasteiger partial charge in [-0.15, -0.1) is 11.8 Å². The predicted molar refractivity (Wildman–Crippen MR) is 72.2 cm³/mol. The summed E-state index contributed by atoms with van der Waals surface area (Å²) >= 11 is 0. The van der Waals surface area contributed by atoms with Gasteiger partial charge in [0.1, 0.15) is 0 Å². The van der Waals surface area contributed by atoms with Crippen LogP contribution >= 0.6 is 0 Å². The molecule has 0 aromatic rings. The van der Waals surface area contributed by atoms with Crippen molar-refractivity contribution in [2.24, 2.45) is 17.8 Å². The minimum atomic E-state index is -1.24. The lowest BCUT2D eigenvalue weighted by atomic mass is 10.1. The lowest BCUT2D eigenvalue weighted by molar-refractivity contribution is -0.134. The second-order valence-electron chi connectivity index (χ2n) is 5.91. The van der Waals surface area contributed by atoms with Crippen molar-refractivity contribution < 1.29 is 23.9 Å². The van der Waals surface area contributed by atoms with Crippen LogP contribution in [0.3, 0.4) is 0 Å². The van der Waals surface area contributed by atoms with E-state index in [1.807, 2.05) is 0 Å². The highest BCUT2D eigenvalue weighted by Gasteiger charge is 2.49. The molecule has 5 nitrogen and oxygen atoms in total. The molecule has 0 bridgehead atoms. The lowest BCUT2D eigenvalue weighted by Crippen LogP contribution is -2.29. The third-order valence-electron chi connectivity index (χ3n) is 4.65. The zero-order chi connectivity index (χ0) is 14.8. The average Bonchev–Trinajstić information content (AvgIpc) is 2.98. The maximum Gasteiger partial charge on any atom is 0.509 e. The Morgan fingerprint density at radius 2 is 1.62 bits per heavy atom. The van der Waals surface area contributed by atoms with E-state index in [1.165, 1.54) is 0 Å². The maximum atomic E-state index is 11.6. The highest BCUT2D eigenvalue weighted by Crippen LogP contribution is 2.52. The van der Waals surface area contributed by atoms with Gasteiger partial charge >= 0.3 is 6.16 Å². The van der Waals surface area contributed by atoms with E-state index < -0.39 is 12.3 Å². The summed E-state index contributed by atoms with van der Waals surface area (Å²) in [5.74, 6) is 7.14. The van der Waals surface area contributed by atoms with E-state index in [2.05, 4.69) is 11.8 Å². The summed E-state index contributed by atoms with van der Waals surface area (Å²) in [6.45, 7) is 0.309. The molecule has 3 aliphatic rings. The van der Waals surface area contributed by atoms with Gasteiger partial charge in [0.2, 0.25) is 6.10 Å². The Balaban J connectivity index is 1.43. The van der Waals surface area contributed by atoms with Crippen molar-refractivity contribution in [2.75, 3.05) is 6.61 Å². The summed E-state index contributed by atoms with van der Waals surface area (Å²) in [7, 11) is 0. The molecule has 0 amide bonds. The van der Waals surface area contributed by atoms with E-state index in [1.54, 1.807) is 0 Å². The summed E-state index contributed by atoms with van der Waals surface area (Å²) in [6.07, 6.45) is 2.10. The molecular formula is C16H18O5. The molecule has 0 aromatic heterocycles. The van der Waals surface area contributed by atoms with Gasteiger partial charge in [-0.05, 0) is 30.6 Å². The lowest BCUT2D eigenvalue weighted by Gasteiger charge is -2.09. The Hall–Kier alpha value is -1.83. The molecule has 5 heteroatoms. The first-order valence-corrected chi connectivity index (χ1v) is 7.51. The molecule has 3 rings (SSSR count). The third-order valence-corrected chi connectivity index (χ3v) is 4.65. The van der Waals surface area contributed by atoms with Crippen molar-refractivity contribution in [3.05, 3.63) is 0 Å². The van der Waals surface area contributed by atoms with Crippen LogP contribution in [0.4, 0.5) is 4.79 Å². The molecule has 21 heavy (non-hydrogen) atoms. The van der Waals surface area contributed by atoms with Crippen molar-refractivity contribution in [1.82, 2.24) is 0 Å². The van der Waals surface area contributed by atoms with Crippen molar-refractivity contribution in [3.8, 4) is 11.8 Å². The van der Waals surface area contributed by atoms with Crippen molar-refractivity contribution in [3.63, 3.8) is 0 Å². The van der Waals surface area contributed by atoms with Crippen LogP contribution in [0, 0.1) is 29.6 Å². The largest absolute Gasteiger partial charge is 0.509 e. The second-order valence-corrected chi connectivity index (χ2v) is 5.91. The number of hydrogen-bond acceptors (Lipinski definition) is 5. The van der Waals surface area contributed by atoms with Gasteiger partial charge in [0, 0.05) is 25.7 Å². The van der Waals surface area contributed by atoms with E-state index in [-0.39, 0.29) is 24.4 Å². The Kier molecular flexibility index (Phi) is 3.96. The van der Waals surface area contributed by atoms with Crippen LogP contribution in [0.25, 0.3) is 0 Å². The molecular weight excluding hydrogens is 272 g/mol. The highest BCUT2D eigenvalue weighted by atomic mass is 16.7. The highest BCUT2D eigenvalue weighted by molar-refractivity contribution is 6.12. The van der Waals surface area contributed by atoms with Gasteiger partial charge in [-0.25, -0.2) is 4.79 Å². The van der Waals surface area contributed by atoms with E-state index in [4.69, 9.17) is 9.47 Å². The molecule has 0 heterocycles. The minimum Gasteiger partial charge on any atom is -0.434 e. The summed E-state index contributed by atoms with van der Waals surface area (Å²) in [6, 6.07) is 0. The Morgan fingerprint density at radius 1 is 1.05 bits per heavy atom. The smallest absolute Gasteiger partial charge is 0.434 e. The average molecular weight is 290 g/mol. The molecule has 0 aromatic carbocycles. The summed E-state index contributed by atoms with van der Waals surface area (Å²) < 4.78 is 9.92. The second kappa shape index (κ2) is 5.88. The van der Waals surface area contributed by atoms with E-state index in [9.17, 15) is 14.4 Å². The molecule has 3 aliphatic carbocycles. The zero-order valence-electron chi connectivity index (χ0n) is 11.8. The number of carbonyl (C=O) groups is 3. The molecule has 0 spiro atoms. The van der Waals surface area contributed by atoms with Gasteiger partial charge in [0.05, 0.1) is 6.61 Å². The quantitative estimate of drug-likeness (QED) is 0.451. The molecule has 0 aliphatic heterocycles. The molecule has 2 atom stereocenters. The first-order valence-electron chi connectivity index (χ1n) is 7.51. The van der Waals surface area contributed by atoms with Gasteiger partial charge in [0.25, 0.3) is 0 Å². The van der Waals surface area contributed by atoms with E-state index in [0.29, 0.717) is 24.4 Å². The fourth-order valence-electron chi connectivity index (χ4n) is 3.40. The third kappa shape index (κ3) is 3.10. The summed E-state index contributed by atoms with van der Waals surface area (Å²) in [4.78, 5) is 34.4. The van der Waals surface area contributed by atoms with E-state index >= 15 is 0 Å². The normalized spacial score (nSPS) is 31.5. The number of hydrogen-bond donors (Lipinski definition) is 0. The minimum absolute atomic E-state index is 0.156. The van der Waals surface area contributed by atoms with Gasteiger partial charge in [-0.2, -0.15) is 0 Å². The van der Waals surface area contributed by atoms with Crippen LogP contribution < -0.4 is 0 Å². The van der Waals surface area contributed by atoms with Crippen LogP contribution in [-0.2, 0) is 19.1 Å². The predicted octanol–water partition coefficient (Wildman–Crippen LogP) is 1.88. The van der Waals surface area contributed by atoms with Crippen molar-refractivity contribution in [1.29, 1.82) is 0 Å². The molecule has 2 unspecified atom stereocenters. The van der Waals surface area contributed by atoms with Gasteiger partial charge in [-0.3, -0.25) is 9.59 Å². The number of Topliss-reactive ketones (excluding diaryl/α,β-unsaturated/α-hetero) is 2. The van der Waals surface area contributed by atoms with Gasteiger partial charge in [-0.1, -0.05) is 0 Å². The molecule has 0 radical (unpaired) electrons. The first kappa shape index (κ1) is 14.1. The maximum absolute atomic E-state index is 11.6. The standard InChI is InChI=1S/C16H18O5/c17-13-7-8-14(18)15(13)21-16(19)20-9-12-10-5-3-1-2-4-6-11(10)12/h10-12,15H,3-9H2. The van der Waals surface area contributed by atoms with Crippen LogP contribution in [0.15, 0.2) is 0 Å². The topological polar surface area (TPSA) is 69.7 Å². The fraction of sp³-hybridized carbons (Fsp3) is 0.688. The van der Waals surface area contributed by atoms with Crippen molar-refractivity contribution in [2.45, 2.75) is 44.6 Å². The summed E-state index contributed by atoms with van der Waals surface area (Å²) in [5, 5.41) is 0. The number of carbonyl (C=O) groups excluding carboxylic acids is 3. The SMILES string of the molecule is O=C(OCC1C2CCC#CCCC21)OC1C(=O)CCC1=O. The Bertz CT molecular complexity index is 493. The number of ketones is 2. The van der Waals surface area contributed by atoms with Gasteiger partial charge in [0.15, 0.2) is 11.6 Å². The van der Waals surface area contributed by atoms with Crippen LogP contribution in [0.2, 0.25) is 0 Å². The number of ether oxygens (including phenoxy) is 2. The zero-order valence-corrected chi connectivity index (χ0v) is 11.8. The first-order chi connectivity index (χ1) is 10.2. The van der Waals surface area contributed by atoms with E-state index in [0.717, 1.165) is 25.7 Å². The van der Waals surface area contributed by atoms with Crippen LogP contribution in [0.5, 0.6) is 0 Å². The van der Waals surface area contributed by atoms with Crippen molar-refractivity contribution >= 4 is 17.7 Å². The Labute approximate surface area is 123 Å². The number of rotatable bonds is 3. The van der Waals surface area contributed by atoms with Gasteiger partial charge < -0.3 is 9.47 Å². The molecule has 0 saturated heterocycles. The Morgan fingerprint density at radius 3 is 2.19 bits per heavy atom. The van der Waals surface area contributed by atoms with Crippen LogP contribution in [-0.4, -0.2) is 30.4 Å². The number of fused-ring (bicyclic) bond motifs is 1. The molecule has 112 valence electrons. The molecule has 0 N–H and O–H groups in total. The molecule has 2 fully saturated rings. The summed E-state index contributed by atoms with van der Waals surface area (Å²) in [5.41, 5.74) is 0.